The second kappa shape index (κ2) is 8.54. The predicted octanol–water partition coefficient (Wildman–Crippen LogP) is 4.56. The molecular formula is C22H24N4O. The van der Waals surface area contributed by atoms with Crippen LogP contribution in [0.3, 0.4) is 0 Å². The third-order valence-corrected chi connectivity index (χ3v) is 4.53. The molecule has 1 aliphatic heterocycles. The van der Waals surface area contributed by atoms with Crippen LogP contribution in [0.2, 0.25) is 0 Å². The van der Waals surface area contributed by atoms with E-state index in [1.807, 2.05) is 69.5 Å². The first-order valence-electron chi connectivity index (χ1n) is 9.19. The van der Waals surface area contributed by atoms with Gasteiger partial charge in [0.15, 0.2) is 0 Å². The van der Waals surface area contributed by atoms with Gasteiger partial charge in [-0.3, -0.25) is 9.79 Å². The summed E-state index contributed by atoms with van der Waals surface area (Å²) in [4.78, 5) is 17.1. The van der Waals surface area contributed by atoms with Gasteiger partial charge < -0.3 is 5.32 Å². The topological polar surface area (TPSA) is 66.2 Å². The average molecular weight is 360 g/mol. The van der Waals surface area contributed by atoms with Gasteiger partial charge in [0.05, 0.1) is 12.2 Å². The molecule has 27 heavy (non-hydrogen) atoms. The van der Waals surface area contributed by atoms with Crippen LogP contribution in [0, 0.1) is 6.92 Å². The van der Waals surface area contributed by atoms with E-state index in [-0.39, 0.29) is 12.1 Å². The van der Waals surface area contributed by atoms with Crippen LogP contribution in [0.1, 0.15) is 46.5 Å². The van der Waals surface area contributed by atoms with Crippen molar-refractivity contribution in [3.63, 3.8) is 0 Å². The Morgan fingerprint density at radius 1 is 1.30 bits per heavy atom. The second-order valence-electron chi connectivity index (χ2n) is 6.43. The lowest BCUT2D eigenvalue weighted by molar-refractivity contribution is 0.0937. The van der Waals surface area contributed by atoms with Gasteiger partial charge in [-0.05, 0) is 49.6 Å². The molecule has 1 amide bonds. The number of aliphatic imine (C=N–C) groups is 1. The van der Waals surface area contributed by atoms with Gasteiger partial charge in [0, 0.05) is 23.8 Å². The Kier molecular flexibility index (Phi) is 5.91. The molecule has 1 N–H and O–H groups in total. The molecule has 138 valence electrons. The molecule has 1 atom stereocenters. The van der Waals surface area contributed by atoms with E-state index >= 15 is 0 Å². The molecule has 2 aromatic carbocycles. The van der Waals surface area contributed by atoms with Gasteiger partial charge in [-0.25, -0.2) is 0 Å². The molecule has 2 aromatic rings. The molecule has 1 unspecified atom stereocenters. The van der Waals surface area contributed by atoms with Crippen LogP contribution in [0.25, 0.3) is 5.70 Å². The average Bonchev–Trinajstić information content (AvgIpc) is 2.68. The largest absolute Gasteiger partial charge is 0.330 e. The Morgan fingerprint density at radius 2 is 2.11 bits per heavy atom. The summed E-state index contributed by atoms with van der Waals surface area (Å²) in [6.45, 7) is 6.50. The molecule has 3 rings (SSSR count). The van der Waals surface area contributed by atoms with E-state index in [0.29, 0.717) is 18.5 Å². The number of carbonyl (C=O) groups excluding carboxylic acids is 1. The van der Waals surface area contributed by atoms with E-state index in [9.17, 15) is 4.79 Å². The van der Waals surface area contributed by atoms with Gasteiger partial charge in [0.2, 0.25) is 0 Å². The van der Waals surface area contributed by atoms with Crippen LogP contribution >= 0.6 is 0 Å². The van der Waals surface area contributed by atoms with Gasteiger partial charge in [-0.15, -0.1) is 0 Å². The molecule has 0 aromatic heterocycles. The van der Waals surface area contributed by atoms with Crippen molar-refractivity contribution >= 4 is 17.8 Å². The number of hydrogen-bond donors (Lipinski definition) is 1. The maximum Gasteiger partial charge on any atom is 0.253 e. The van der Waals surface area contributed by atoms with Gasteiger partial charge in [0.25, 0.3) is 5.91 Å². The summed E-state index contributed by atoms with van der Waals surface area (Å²) in [6.07, 6.45) is 4.16. The van der Waals surface area contributed by atoms with Crippen LogP contribution in [-0.2, 0) is 6.42 Å². The number of nitrogens with zero attached hydrogens (tertiary/aromatic N) is 3. The lowest BCUT2D eigenvalue weighted by Crippen LogP contribution is -2.37. The van der Waals surface area contributed by atoms with Crippen molar-refractivity contribution in [3.8, 4) is 0 Å². The molecular weight excluding hydrogens is 336 g/mol. The fraction of sp³-hybridized carbons (Fsp3) is 0.273. The predicted molar refractivity (Wildman–Crippen MR) is 109 cm³/mol. The fourth-order valence-corrected chi connectivity index (χ4v) is 3.07. The highest BCUT2D eigenvalue weighted by Gasteiger charge is 2.19. The Bertz CT molecular complexity index is 928. The quantitative estimate of drug-likeness (QED) is 0.781. The Balaban J connectivity index is 1.77. The molecule has 0 radical (unpaired) electrons. The Morgan fingerprint density at radius 3 is 2.85 bits per heavy atom. The van der Waals surface area contributed by atoms with Gasteiger partial charge >= 0.3 is 0 Å². The summed E-state index contributed by atoms with van der Waals surface area (Å²) < 4.78 is 0. The van der Waals surface area contributed by atoms with Crippen molar-refractivity contribution < 1.29 is 4.79 Å². The van der Waals surface area contributed by atoms with Crippen LogP contribution in [0.15, 0.2) is 63.8 Å². The van der Waals surface area contributed by atoms with Gasteiger partial charge in [-0.2, -0.15) is 10.2 Å². The Hall–Kier alpha value is -3.08. The summed E-state index contributed by atoms with van der Waals surface area (Å²) in [7, 11) is 0. The molecule has 0 bridgehead atoms. The zero-order valence-corrected chi connectivity index (χ0v) is 15.9. The second-order valence-corrected chi connectivity index (χ2v) is 6.43. The Labute approximate surface area is 159 Å². The molecule has 0 aliphatic carbocycles. The number of azo groups is 1. The number of nitrogens with one attached hydrogen (secondary N) is 1. The van der Waals surface area contributed by atoms with E-state index < -0.39 is 0 Å². The van der Waals surface area contributed by atoms with E-state index in [0.717, 1.165) is 28.0 Å². The van der Waals surface area contributed by atoms with Crippen molar-refractivity contribution in [1.82, 2.24) is 5.32 Å². The van der Waals surface area contributed by atoms with E-state index in [1.165, 1.54) is 0 Å². The van der Waals surface area contributed by atoms with Gasteiger partial charge in [0.1, 0.15) is 6.17 Å². The number of carbonyl (C=O) groups is 1. The minimum atomic E-state index is -0.272. The van der Waals surface area contributed by atoms with E-state index in [1.54, 1.807) is 0 Å². The SMILES string of the molecule is C/C=C(\N=NCC)c1ccc2c(c1)CC(NC(=O)c1ccccc1C)N=C2. The zero-order valence-electron chi connectivity index (χ0n) is 15.9. The molecule has 0 saturated heterocycles. The zero-order chi connectivity index (χ0) is 19.2. The third kappa shape index (κ3) is 4.37. The number of rotatable bonds is 5. The summed E-state index contributed by atoms with van der Waals surface area (Å²) in [6, 6.07) is 13.7. The highest BCUT2D eigenvalue weighted by Crippen LogP contribution is 2.23. The highest BCUT2D eigenvalue weighted by molar-refractivity contribution is 5.96. The smallest absolute Gasteiger partial charge is 0.253 e. The van der Waals surface area contributed by atoms with Crippen molar-refractivity contribution in [3.05, 3.63) is 76.4 Å². The van der Waals surface area contributed by atoms with Gasteiger partial charge in [-0.1, -0.05) is 36.4 Å². The van der Waals surface area contributed by atoms with Crippen LogP contribution in [-0.4, -0.2) is 24.8 Å². The summed E-state index contributed by atoms with van der Waals surface area (Å²) in [5.41, 5.74) is 5.72. The molecule has 0 fully saturated rings. The lowest BCUT2D eigenvalue weighted by atomic mass is 9.97. The number of hydrogen-bond acceptors (Lipinski definition) is 4. The molecule has 5 nitrogen and oxygen atoms in total. The number of aryl methyl sites for hydroxylation is 1. The third-order valence-electron chi connectivity index (χ3n) is 4.53. The summed E-state index contributed by atoms with van der Waals surface area (Å²) in [5, 5.41) is 11.4. The fourth-order valence-electron chi connectivity index (χ4n) is 3.07. The monoisotopic (exact) mass is 360 g/mol. The first-order valence-corrected chi connectivity index (χ1v) is 9.19. The van der Waals surface area contributed by atoms with Crippen molar-refractivity contribution in [2.75, 3.05) is 6.54 Å². The molecule has 5 heteroatoms. The number of benzene rings is 2. The van der Waals surface area contributed by atoms with Crippen molar-refractivity contribution in [2.24, 2.45) is 15.2 Å². The highest BCUT2D eigenvalue weighted by atomic mass is 16.1. The maximum atomic E-state index is 12.6. The first-order chi connectivity index (χ1) is 13.1. The van der Waals surface area contributed by atoms with Crippen molar-refractivity contribution in [1.29, 1.82) is 0 Å². The number of amides is 1. The number of allylic oxidation sites excluding steroid dienone is 1. The van der Waals surface area contributed by atoms with E-state index in [4.69, 9.17) is 0 Å². The summed E-state index contributed by atoms with van der Waals surface area (Å²) in [5.74, 6) is -0.0965. The van der Waals surface area contributed by atoms with E-state index in [2.05, 4.69) is 26.6 Å². The van der Waals surface area contributed by atoms with Crippen molar-refractivity contribution in [2.45, 2.75) is 33.4 Å². The number of fused-ring (bicyclic) bond motifs is 1. The summed E-state index contributed by atoms with van der Waals surface area (Å²) >= 11 is 0. The molecule has 0 spiro atoms. The van der Waals surface area contributed by atoms with Crippen LogP contribution in [0.4, 0.5) is 0 Å². The molecule has 1 aliphatic rings. The minimum absolute atomic E-state index is 0.0965. The standard InChI is InChI=1S/C22H24N4O/c1-4-20(26-24-5-2)16-10-11-17-14-23-21(13-18(17)12-16)25-22(27)19-9-7-6-8-15(19)3/h4,6-12,14,21H,5,13H2,1-3H3,(H,25,27)/b20-4-,26-24?. The van der Waals surface area contributed by atoms with Crippen LogP contribution in [0.5, 0.6) is 0 Å². The molecule has 1 heterocycles. The maximum absolute atomic E-state index is 12.6. The minimum Gasteiger partial charge on any atom is -0.330 e. The van der Waals surface area contributed by atoms with Crippen LogP contribution < -0.4 is 5.32 Å². The molecule has 0 saturated carbocycles. The normalized spacial score (nSPS) is 16.4. The first kappa shape index (κ1) is 18.7. The lowest BCUT2D eigenvalue weighted by Gasteiger charge is -2.21.